The quantitative estimate of drug-likeness (QED) is 0.732. The molecule has 0 radical (unpaired) electrons. The summed E-state index contributed by atoms with van der Waals surface area (Å²) >= 11 is 5.65. The minimum atomic E-state index is -1.01. The van der Waals surface area contributed by atoms with Crippen LogP contribution in [0.15, 0.2) is 11.1 Å². The Kier molecular flexibility index (Phi) is 4.27. The van der Waals surface area contributed by atoms with Crippen molar-refractivity contribution in [3.05, 3.63) is 21.8 Å². The first-order valence-electron chi connectivity index (χ1n) is 4.79. The molecular weight excluding hydrogens is 264 g/mol. The monoisotopic (exact) mass is 274 g/mol. The average molecular weight is 275 g/mol. The van der Waals surface area contributed by atoms with Gasteiger partial charge in [0.1, 0.15) is 12.4 Å². The summed E-state index contributed by atoms with van der Waals surface area (Å²) in [4.78, 5) is 37.6. The molecule has 1 unspecified atom stereocenters. The van der Waals surface area contributed by atoms with E-state index in [1.54, 1.807) is 0 Å². The van der Waals surface area contributed by atoms with E-state index in [1.807, 2.05) is 5.32 Å². The van der Waals surface area contributed by atoms with Gasteiger partial charge in [0, 0.05) is 0 Å². The normalized spacial score (nSPS) is 11.7. The number of ether oxygens (including phenoxy) is 1. The van der Waals surface area contributed by atoms with Crippen LogP contribution in [0.2, 0.25) is 5.15 Å². The third-order valence-electron chi connectivity index (χ3n) is 2.16. The van der Waals surface area contributed by atoms with E-state index in [9.17, 15) is 14.4 Å². The molecule has 0 aliphatic rings. The number of aromatic nitrogens is 2. The SMILES string of the molecule is COc1c(Cl)ncn(C(C)C(=O)NC(N)=O)c1=O. The predicted octanol–water partition coefficient (Wildman–Crippen LogP) is -0.339. The van der Waals surface area contributed by atoms with Crippen LogP contribution in [0, 0.1) is 0 Å². The molecule has 1 aromatic rings. The molecule has 1 heterocycles. The topological polar surface area (TPSA) is 116 Å². The van der Waals surface area contributed by atoms with Crippen LogP contribution < -0.4 is 21.3 Å². The number of urea groups is 1. The molecule has 0 fully saturated rings. The van der Waals surface area contributed by atoms with Crippen molar-refractivity contribution in [2.75, 3.05) is 7.11 Å². The number of primary amides is 1. The van der Waals surface area contributed by atoms with Crippen molar-refractivity contribution in [3.63, 3.8) is 0 Å². The van der Waals surface area contributed by atoms with Crippen LogP contribution in [-0.4, -0.2) is 28.6 Å². The van der Waals surface area contributed by atoms with Crippen molar-refractivity contribution in [2.24, 2.45) is 5.73 Å². The van der Waals surface area contributed by atoms with Crippen molar-refractivity contribution in [2.45, 2.75) is 13.0 Å². The third kappa shape index (κ3) is 2.77. The summed E-state index contributed by atoms with van der Waals surface area (Å²) in [6, 6.07) is -1.99. The summed E-state index contributed by atoms with van der Waals surface area (Å²) < 4.78 is 5.75. The number of nitrogens with one attached hydrogen (secondary N) is 1. The fourth-order valence-corrected chi connectivity index (χ4v) is 1.43. The highest BCUT2D eigenvalue weighted by Gasteiger charge is 2.20. The number of imide groups is 1. The minimum absolute atomic E-state index is 0.110. The van der Waals surface area contributed by atoms with Crippen LogP contribution in [0.4, 0.5) is 4.79 Å². The van der Waals surface area contributed by atoms with Crippen LogP contribution in [0.1, 0.15) is 13.0 Å². The zero-order valence-electron chi connectivity index (χ0n) is 9.64. The lowest BCUT2D eigenvalue weighted by atomic mass is 10.3. The van der Waals surface area contributed by atoms with E-state index in [0.717, 1.165) is 10.9 Å². The number of amides is 3. The number of hydrogen-bond acceptors (Lipinski definition) is 5. The number of nitrogens with two attached hydrogens (primary N) is 1. The number of nitrogens with zero attached hydrogens (tertiary/aromatic N) is 2. The zero-order valence-corrected chi connectivity index (χ0v) is 10.4. The highest BCUT2D eigenvalue weighted by Crippen LogP contribution is 2.16. The maximum absolute atomic E-state index is 11.9. The van der Waals surface area contributed by atoms with Crippen LogP contribution in [-0.2, 0) is 4.79 Å². The van der Waals surface area contributed by atoms with E-state index in [2.05, 4.69) is 4.98 Å². The number of carbonyl (C=O) groups is 2. The van der Waals surface area contributed by atoms with Gasteiger partial charge < -0.3 is 10.5 Å². The lowest BCUT2D eigenvalue weighted by molar-refractivity contribution is -0.122. The van der Waals surface area contributed by atoms with Gasteiger partial charge in [0.05, 0.1) is 7.11 Å². The van der Waals surface area contributed by atoms with Gasteiger partial charge in [-0.05, 0) is 6.92 Å². The van der Waals surface area contributed by atoms with Crippen LogP contribution in [0.5, 0.6) is 5.75 Å². The van der Waals surface area contributed by atoms with E-state index < -0.39 is 23.5 Å². The average Bonchev–Trinajstić information content (AvgIpc) is 2.28. The van der Waals surface area contributed by atoms with E-state index in [-0.39, 0.29) is 10.9 Å². The molecule has 8 nitrogen and oxygen atoms in total. The number of halogens is 1. The maximum Gasteiger partial charge on any atom is 0.318 e. The molecule has 0 saturated heterocycles. The molecule has 0 aliphatic carbocycles. The summed E-state index contributed by atoms with van der Waals surface area (Å²) in [5.41, 5.74) is 4.17. The van der Waals surface area contributed by atoms with Crippen LogP contribution in [0.25, 0.3) is 0 Å². The molecule has 1 aromatic heterocycles. The van der Waals surface area contributed by atoms with E-state index in [1.165, 1.54) is 14.0 Å². The van der Waals surface area contributed by atoms with E-state index in [0.29, 0.717) is 0 Å². The Bertz CT molecular complexity index is 542. The van der Waals surface area contributed by atoms with Gasteiger partial charge in [0.25, 0.3) is 11.5 Å². The fraction of sp³-hybridized carbons (Fsp3) is 0.333. The van der Waals surface area contributed by atoms with Gasteiger partial charge >= 0.3 is 6.03 Å². The Balaban J connectivity index is 3.15. The number of rotatable bonds is 3. The summed E-state index contributed by atoms with van der Waals surface area (Å²) in [5, 5.41) is 1.75. The molecular formula is C9H11ClN4O4. The second-order valence-corrected chi connectivity index (χ2v) is 3.67. The first-order chi connectivity index (χ1) is 8.38. The molecule has 1 atom stereocenters. The first kappa shape index (κ1) is 14.0. The Morgan fingerprint density at radius 2 is 2.22 bits per heavy atom. The smallest absolute Gasteiger partial charge is 0.318 e. The van der Waals surface area contributed by atoms with Crippen molar-refractivity contribution in [1.82, 2.24) is 14.9 Å². The van der Waals surface area contributed by atoms with Gasteiger partial charge in [0.2, 0.25) is 5.75 Å². The Labute approximate surface area is 107 Å². The molecule has 0 spiro atoms. The van der Waals surface area contributed by atoms with E-state index in [4.69, 9.17) is 22.1 Å². The van der Waals surface area contributed by atoms with Gasteiger partial charge in [-0.3, -0.25) is 19.5 Å². The highest BCUT2D eigenvalue weighted by atomic mass is 35.5. The third-order valence-corrected chi connectivity index (χ3v) is 2.43. The molecule has 3 N–H and O–H groups in total. The van der Waals surface area contributed by atoms with Crippen molar-refractivity contribution in [3.8, 4) is 5.75 Å². The van der Waals surface area contributed by atoms with Crippen molar-refractivity contribution < 1.29 is 14.3 Å². The van der Waals surface area contributed by atoms with E-state index >= 15 is 0 Å². The van der Waals surface area contributed by atoms with Gasteiger partial charge in [-0.1, -0.05) is 11.6 Å². The van der Waals surface area contributed by atoms with Crippen molar-refractivity contribution >= 4 is 23.5 Å². The van der Waals surface area contributed by atoms with Crippen LogP contribution in [0.3, 0.4) is 0 Å². The van der Waals surface area contributed by atoms with Gasteiger partial charge in [-0.15, -0.1) is 0 Å². The van der Waals surface area contributed by atoms with Crippen molar-refractivity contribution in [1.29, 1.82) is 0 Å². The maximum atomic E-state index is 11.9. The lowest BCUT2D eigenvalue weighted by Gasteiger charge is -2.14. The summed E-state index contributed by atoms with van der Waals surface area (Å²) in [7, 11) is 1.25. The molecule has 0 aromatic carbocycles. The summed E-state index contributed by atoms with van der Waals surface area (Å²) in [5.74, 6) is -0.923. The predicted molar refractivity (Wildman–Crippen MR) is 62.5 cm³/mol. The number of hydrogen-bond donors (Lipinski definition) is 2. The highest BCUT2D eigenvalue weighted by molar-refractivity contribution is 6.30. The molecule has 0 bridgehead atoms. The second-order valence-electron chi connectivity index (χ2n) is 3.31. The van der Waals surface area contributed by atoms with Crippen LogP contribution >= 0.6 is 11.6 Å². The van der Waals surface area contributed by atoms with Gasteiger partial charge in [0.15, 0.2) is 5.15 Å². The molecule has 0 aliphatic heterocycles. The zero-order chi connectivity index (χ0) is 13.9. The molecule has 3 amide bonds. The Morgan fingerprint density at radius 3 is 2.72 bits per heavy atom. The Morgan fingerprint density at radius 1 is 1.61 bits per heavy atom. The molecule has 0 saturated carbocycles. The second kappa shape index (κ2) is 5.50. The summed E-state index contributed by atoms with van der Waals surface area (Å²) in [6.45, 7) is 1.40. The molecule has 98 valence electrons. The fourth-order valence-electron chi connectivity index (χ4n) is 1.23. The largest absolute Gasteiger partial charge is 0.489 e. The Hall–Kier alpha value is -2.09. The minimum Gasteiger partial charge on any atom is -0.489 e. The summed E-state index contributed by atoms with van der Waals surface area (Å²) in [6.07, 6.45) is 1.08. The molecule has 18 heavy (non-hydrogen) atoms. The lowest BCUT2D eigenvalue weighted by Crippen LogP contribution is -2.41. The first-order valence-corrected chi connectivity index (χ1v) is 5.17. The van der Waals surface area contributed by atoms with Gasteiger partial charge in [-0.2, -0.15) is 0 Å². The van der Waals surface area contributed by atoms with Gasteiger partial charge in [-0.25, -0.2) is 9.78 Å². The number of methoxy groups -OCH3 is 1. The standard InChI is InChI=1S/C9H11ClN4O4/c1-4(7(15)13-9(11)17)14-3-12-6(10)5(18-2)8(14)16/h3-4H,1-2H3,(H3,11,13,15,17). The number of carbonyl (C=O) groups excluding carboxylic acids is 2. The molecule has 1 rings (SSSR count). The molecule has 9 heteroatoms.